The number of unbranched alkanes of at least 4 members (excludes halogenated alkanes) is 3. The first-order valence-corrected chi connectivity index (χ1v) is 28.0. The maximum atomic E-state index is 14.1. The van der Waals surface area contributed by atoms with Gasteiger partial charge < -0.3 is 66.4 Å². The van der Waals surface area contributed by atoms with Crippen LogP contribution in [0.2, 0.25) is 0 Å². The monoisotopic (exact) mass is 1160 g/mol. The van der Waals surface area contributed by atoms with Crippen molar-refractivity contribution in [3.63, 3.8) is 0 Å². The number of phenolic OH excluding ortho intramolecular Hbond substituents is 2. The third-order valence-corrected chi connectivity index (χ3v) is 15.7. The van der Waals surface area contributed by atoms with Crippen LogP contribution in [0.15, 0.2) is 84.9 Å². The second-order valence-corrected chi connectivity index (χ2v) is 21.7. The van der Waals surface area contributed by atoms with E-state index in [1.807, 2.05) is 30.3 Å². The highest BCUT2D eigenvalue weighted by atomic mass is 16.7. The first kappa shape index (κ1) is 61.7. The molecule has 446 valence electrons. The Bertz CT molecular complexity index is 3190. The molecule has 2 aliphatic carbocycles. The topological polar surface area (TPSA) is 349 Å². The number of carbonyl (C=O) groups excluding carboxylic acids is 9. The van der Waals surface area contributed by atoms with Crippen molar-refractivity contribution >= 4 is 58.7 Å². The maximum Gasteiger partial charge on any atom is 0.407 e. The number of Topliss-reactive ketones (excluding diaryl/α,β-unsaturated/α-hetero) is 1. The van der Waals surface area contributed by atoms with E-state index in [0.29, 0.717) is 49.9 Å². The summed E-state index contributed by atoms with van der Waals surface area (Å²) in [7, 11) is 1.31. The lowest BCUT2D eigenvalue weighted by Crippen LogP contribution is -2.55. The molecule has 2 aliphatic heterocycles. The van der Waals surface area contributed by atoms with Gasteiger partial charge in [-0.1, -0.05) is 67.9 Å². The lowest BCUT2D eigenvalue weighted by molar-refractivity contribution is -0.247. The molecule has 0 saturated carbocycles. The number of methoxy groups -OCH3 is 1. The summed E-state index contributed by atoms with van der Waals surface area (Å²) in [5.74, 6) is -5.66. The van der Waals surface area contributed by atoms with Crippen LogP contribution < -0.4 is 31.7 Å². The molecular weight excluding hydrogens is 1090 g/mol. The number of imide groups is 1. The Morgan fingerprint density at radius 3 is 2.21 bits per heavy atom. The van der Waals surface area contributed by atoms with E-state index in [9.17, 15) is 63.6 Å². The van der Waals surface area contributed by atoms with Crippen molar-refractivity contribution < 1.29 is 82.5 Å². The van der Waals surface area contributed by atoms with E-state index in [0.717, 1.165) is 10.5 Å². The van der Waals surface area contributed by atoms with E-state index in [1.165, 1.54) is 51.3 Å². The molecule has 6 amide bonds. The van der Waals surface area contributed by atoms with Crippen molar-refractivity contribution in [2.24, 2.45) is 11.1 Å². The van der Waals surface area contributed by atoms with Gasteiger partial charge in [0.15, 0.2) is 17.9 Å². The summed E-state index contributed by atoms with van der Waals surface area (Å²) >= 11 is 0. The quantitative estimate of drug-likeness (QED) is 0.0226. The summed E-state index contributed by atoms with van der Waals surface area (Å²) in [5, 5.41) is 56.2. The highest BCUT2D eigenvalue weighted by Gasteiger charge is 2.49. The van der Waals surface area contributed by atoms with Gasteiger partial charge in [0.05, 0.1) is 42.0 Å². The van der Waals surface area contributed by atoms with Crippen LogP contribution >= 0.6 is 0 Å². The van der Waals surface area contributed by atoms with Crippen LogP contribution in [-0.2, 0) is 62.4 Å². The van der Waals surface area contributed by atoms with Gasteiger partial charge in [-0.2, -0.15) is 0 Å². The molecule has 2 heterocycles. The number of aliphatic hydroxyl groups excluding tert-OH is 2. The first-order valence-electron chi connectivity index (χ1n) is 28.0. The molecule has 8 atom stereocenters. The van der Waals surface area contributed by atoms with Gasteiger partial charge in [-0.3, -0.25) is 43.3 Å². The average Bonchev–Trinajstić information content (AvgIpc) is 1.06. The Hall–Kier alpha value is -8.35. The molecule has 0 unspecified atom stereocenters. The Kier molecular flexibility index (Phi) is 20.1. The molecule has 23 nitrogen and oxygen atoms in total. The second-order valence-electron chi connectivity index (χ2n) is 21.7. The number of benzene rings is 4. The van der Waals surface area contributed by atoms with Crippen LogP contribution in [0.4, 0.5) is 10.5 Å². The Labute approximate surface area is 484 Å². The minimum atomic E-state index is -1.41. The highest BCUT2D eigenvalue weighted by molar-refractivity contribution is 6.31. The number of hydrogen-bond acceptors (Lipinski definition) is 18. The Morgan fingerprint density at radius 1 is 0.810 bits per heavy atom. The van der Waals surface area contributed by atoms with E-state index >= 15 is 0 Å². The fourth-order valence-corrected chi connectivity index (χ4v) is 11.1. The zero-order valence-electron chi connectivity index (χ0n) is 46.9. The van der Waals surface area contributed by atoms with Crippen molar-refractivity contribution in [3.05, 3.63) is 129 Å². The van der Waals surface area contributed by atoms with Crippen LogP contribution in [0, 0.1) is 5.41 Å². The van der Waals surface area contributed by atoms with Crippen LogP contribution in [0.3, 0.4) is 0 Å². The number of ether oxygens (including phenoxy) is 4. The molecule has 4 aromatic rings. The lowest BCUT2D eigenvalue weighted by atomic mass is 9.67. The van der Waals surface area contributed by atoms with Crippen molar-refractivity contribution in [2.45, 2.75) is 134 Å². The predicted molar refractivity (Wildman–Crippen MR) is 300 cm³/mol. The molecule has 1 saturated heterocycles. The highest BCUT2D eigenvalue weighted by Crippen LogP contribution is 2.54. The Balaban J connectivity index is 0.880. The van der Waals surface area contributed by atoms with Gasteiger partial charge in [-0.25, -0.2) is 4.79 Å². The number of hydrogen-bond donors (Lipinski definition) is 9. The molecule has 4 aromatic carbocycles. The summed E-state index contributed by atoms with van der Waals surface area (Å²) in [4.78, 5) is 121. The van der Waals surface area contributed by atoms with Gasteiger partial charge in [0.1, 0.15) is 48.6 Å². The number of nitrogens with zero attached hydrogens (tertiary/aromatic N) is 1. The van der Waals surface area contributed by atoms with Gasteiger partial charge in [0.2, 0.25) is 23.5 Å². The number of rotatable bonds is 25. The first-order chi connectivity index (χ1) is 40.2. The smallest absolute Gasteiger partial charge is 0.407 e. The number of aliphatic hydroxyl groups is 2. The normalized spacial score (nSPS) is 21.4. The minimum Gasteiger partial charge on any atom is -0.507 e. The van der Waals surface area contributed by atoms with Gasteiger partial charge in [0.25, 0.3) is 11.8 Å². The van der Waals surface area contributed by atoms with E-state index in [-0.39, 0.29) is 97.4 Å². The molecule has 0 spiro atoms. The number of fused-ring (bicyclic) bond motifs is 3. The van der Waals surface area contributed by atoms with Gasteiger partial charge in [-0.05, 0) is 87.7 Å². The molecule has 10 N–H and O–H groups in total. The summed E-state index contributed by atoms with van der Waals surface area (Å²) in [6.07, 6.45) is -0.865. The zero-order chi connectivity index (χ0) is 60.4. The molecule has 0 radical (unpaired) electrons. The van der Waals surface area contributed by atoms with E-state index in [4.69, 9.17) is 24.7 Å². The number of nitrogens with one attached hydrogen (secondary N) is 4. The molecule has 1 fully saturated rings. The number of carbonyl (C=O) groups is 9. The number of ketones is 3. The molecule has 0 aromatic heterocycles. The standard InChI is InChI=1S/C61H70N6O17/c1-33-53(73)40(28-48(83-33)84-43-30-61(2,44(69)31-68)29-38-50(43)57(77)52-51(55(38)75)54(74)37-15-12-17-42(81-3)49(37)56(52)76)66-60(80)82-32-35-19-21-36(22-20-35)63-58(78)39(16-9-10-25-62)65-59(79)41(27-34-13-6-4-7-14-34)64-45(70)18-8-5-11-26-67-46(71)23-24-47(67)72/h4,6-7,12-15,17,19-24,33,39-41,43,48,53,68,73,75,77H,5,8-11,16,18,25-32,62H2,1-3H3,(H,63,78)(H,64,70)(H,65,79)(H,66,80)/t33-,39-,40-,41-,43-,48-,53+,61+/m0/s1. The van der Waals surface area contributed by atoms with E-state index in [2.05, 4.69) is 21.3 Å². The fourth-order valence-electron chi connectivity index (χ4n) is 11.1. The largest absolute Gasteiger partial charge is 0.507 e. The fraction of sp³-hybridized carbons (Fsp3) is 0.426. The SMILES string of the molecule is COc1cccc2c1C(=O)c1c(O)c3c(c(O)c1C2=O)C[C@@](C)(C(=O)CO)C[C@@H]3O[C@H]1C[C@H](NC(=O)OCc2ccc(NC(=O)[C@H](CCCCN)NC(=O)[C@H](Cc3ccccc3)NC(=O)CCCCCN3C(=O)C=CC3=O)cc2)[C@H](O)[C@H](C)O1. The number of alkyl carbamates (subject to hydrolysis) is 1. The third-order valence-electron chi connectivity index (χ3n) is 15.7. The minimum absolute atomic E-state index is 0.0512. The maximum absolute atomic E-state index is 14.1. The van der Waals surface area contributed by atoms with E-state index < -0.39 is 113 Å². The molecule has 8 rings (SSSR count). The summed E-state index contributed by atoms with van der Waals surface area (Å²) < 4.78 is 23.4. The molecule has 23 heteroatoms. The number of phenols is 2. The molecular formula is C61H70N6O17. The van der Waals surface area contributed by atoms with Crippen LogP contribution in [0.1, 0.15) is 132 Å². The lowest BCUT2D eigenvalue weighted by Gasteiger charge is -2.43. The number of amides is 6. The van der Waals surface area contributed by atoms with Gasteiger partial charge in [-0.15, -0.1) is 0 Å². The average molecular weight is 1160 g/mol. The van der Waals surface area contributed by atoms with Crippen LogP contribution in [0.25, 0.3) is 0 Å². The van der Waals surface area contributed by atoms with Gasteiger partial charge in [0, 0.05) is 65.8 Å². The summed E-state index contributed by atoms with van der Waals surface area (Å²) in [5.41, 5.74) is 4.74. The number of anilines is 1. The van der Waals surface area contributed by atoms with Crippen LogP contribution in [0.5, 0.6) is 17.2 Å². The predicted octanol–water partition coefficient (Wildman–Crippen LogP) is 4.01. The zero-order valence-corrected chi connectivity index (χ0v) is 46.9. The Morgan fingerprint density at radius 2 is 1.52 bits per heavy atom. The van der Waals surface area contributed by atoms with Gasteiger partial charge >= 0.3 is 6.09 Å². The summed E-state index contributed by atoms with van der Waals surface area (Å²) in [6, 6.07) is 16.7. The van der Waals surface area contributed by atoms with E-state index in [1.54, 1.807) is 24.3 Å². The van der Waals surface area contributed by atoms with Crippen LogP contribution in [-0.4, -0.2) is 142 Å². The molecule has 0 bridgehead atoms. The van der Waals surface area contributed by atoms with Crippen molar-refractivity contribution in [1.82, 2.24) is 20.9 Å². The van der Waals surface area contributed by atoms with Crippen molar-refractivity contribution in [1.29, 1.82) is 0 Å². The molecule has 84 heavy (non-hydrogen) atoms. The number of nitrogens with two attached hydrogens (primary N) is 1. The van der Waals surface area contributed by atoms with Crippen molar-refractivity contribution in [2.75, 3.05) is 32.1 Å². The number of aromatic hydroxyl groups is 2. The third kappa shape index (κ3) is 14.0. The van der Waals surface area contributed by atoms with Crippen molar-refractivity contribution in [3.8, 4) is 17.2 Å². The second kappa shape index (κ2) is 27.4. The summed E-state index contributed by atoms with van der Waals surface area (Å²) in [6.45, 7) is 2.53. The molecule has 4 aliphatic rings.